The predicted molar refractivity (Wildman–Crippen MR) is 95.8 cm³/mol. The SMILES string of the molecule is CCc1nn(CC(=O)Nc2ncccn2)c(=O)c2ccc(C3CC3)nc12. The van der Waals surface area contributed by atoms with E-state index in [0.717, 1.165) is 18.5 Å². The van der Waals surface area contributed by atoms with E-state index in [0.29, 0.717) is 28.9 Å². The number of hydrogen-bond donors (Lipinski definition) is 1. The molecule has 0 aromatic carbocycles. The minimum absolute atomic E-state index is 0.192. The van der Waals surface area contributed by atoms with Crippen LogP contribution in [0, 0.1) is 0 Å². The van der Waals surface area contributed by atoms with E-state index in [1.54, 1.807) is 12.1 Å². The highest BCUT2D eigenvalue weighted by Crippen LogP contribution is 2.39. The number of anilines is 1. The van der Waals surface area contributed by atoms with Crippen molar-refractivity contribution in [2.75, 3.05) is 5.32 Å². The topological polar surface area (TPSA) is 103 Å². The van der Waals surface area contributed by atoms with Gasteiger partial charge in [0.25, 0.3) is 5.56 Å². The van der Waals surface area contributed by atoms with Crippen molar-refractivity contribution in [1.82, 2.24) is 24.7 Å². The molecule has 3 aromatic heterocycles. The summed E-state index contributed by atoms with van der Waals surface area (Å²) in [5.41, 5.74) is 2.05. The van der Waals surface area contributed by atoms with Crippen LogP contribution in [0.25, 0.3) is 10.9 Å². The van der Waals surface area contributed by atoms with E-state index in [4.69, 9.17) is 0 Å². The van der Waals surface area contributed by atoms with Crippen molar-refractivity contribution in [1.29, 1.82) is 0 Å². The maximum atomic E-state index is 12.7. The Morgan fingerprint density at radius 3 is 2.73 bits per heavy atom. The molecule has 8 heteroatoms. The van der Waals surface area contributed by atoms with Gasteiger partial charge in [0, 0.05) is 24.0 Å². The number of nitrogens with zero attached hydrogens (tertiary/aromatic N) is 5. The molecule has 0 spiro atoms. The van der Waals surface area contributed by atoms with Crippen LogP contribution in [0.3, 0.4) is 0 Å². The molecule has 1 aliphatic carbocycles. The summed E-state index contributed by atoms with van der Waals surface area (Å²) in [6.45, 7) is 1.75. The zero-order valence-corrected chi connectivity index (χ0v) is 14.3. The van der Waals surface area contributed by atoms with Crippen LogP contribution < -0.4 is 10.9 Å². The molecule has 8 nitrogen and oxygen atoms in total. The van der Waals surface area contributed by atoms with Gasteiger partial charge in [-0.15, -0.1) is 0 Å². The number of rotatable bonds is 5. The van der Waals surface area contributed by atoms with Gasteiger partial charge in [0.15, 0.2) is 0 Å². The highest BCUT2D eigenvalue weighted by Gasteiger charge is 2.26. The Labute approximate surface area is 149 Å². The molecule has 0 radical (unpaired) electrons. The van der Waals surface area contributed by atoms with Crippen LogP contribution in [0.4, 0.5) is 5.95 Å². The molecule has 0 saturated heterocycles. The standard InChI is InChI=1S/C18H18N6O2/c1-2-13-16-12(6-7-14(21-16)11-4-5-11)17(26)24(23-13)10-15(25)22-18-19-8-3-9-20-18/h3,6-9,11H,2,4-5,10H2,1H3,(H,19,20,22,25). The molecule has 3 aromatic rings. The zero-order valence-electron chi connectivity index (χ0n) is 14.3. The van der Waals surface area contributed by atoms with E-state index in [9.17, 15) is 9.59 Å². The Bertz CT molecular complexity index is 1030. The van der Waals surface area contributed by atoms with Gasteiger partial charge in [0.05, 0.1) is 16.6 Å². The summed E-state index contributed by atoms with van der Waals surface area (Å²) in [4.78, 5) is 37.5. The second-order valence-corrected chi connectivity index (χ2v) is 6.29. The Kier molecular flexibility index (Phi) is 4.16. The summed E-state index contributed by atoms with van der Waals surface area (Å²) in [6, 6.07) is 5.36. The van der Waals surface area contributed by atoms with Crippen molar-refractivity contribution < 1.29 is 4.79 Å². The van der Waals surface area contributed by atoms with Crippen LogP contribution in [0.5, 0.6) is 0 Å². The number of nitrogens with one attached hydrogen (secondary N) is 1. The van der Waals surface area contributed by atoms with E-state index >= 15 is 0 Å². The van der Waals surface area contributed by atoms with Gasteiger partial charge in [0.1, 0.15) is 6.54 Å². The molecule has 1 fully saturated rings. The molecule has 1 aliphatic rings. The lowest BCUT2D eigenvalue weighted by Crippen LogP contribution is -2.31. The van der Waals surface area contributed by atoms with Gasteiger partial charge >= 0.3 is 0 Å². The molecule has 3 heterocycles. The fourth-order valence-electron chi connectivity index (χ4n) is 2.86. The maximum absolute atomic E-state index is 12.7. The van der Waals surface area contributed by atoms with Gasteiger partial charge in [-0.2, -0.15) is 5.10 Å². The smallest absolute Gasteiger partial charge is 0.276 e. The van der Waals surface area contributed by atoms with Gasteiger partial charge in [-0.25, -0.2) is 14.6 Å². The number of aromatic nitrogens is 5. The fourth-order valence-corrected chi connectivity index (χ4v) is 2.86. The van der Waals surface area contributed by atoms with Crippen LogP contribution in [0.2, 0.25) is 0 Å². The summed E-state index contributed by atoms with van der Waals surface area (Å²) >= 11 is 0. The molecule has 0 atom stereocenters. The molecule has 1 saturated carbocycles. The van der Waals surface area contributed by atoms with E-state index in [1.807, 2.05) is 13.0 Å². The molecule has 26 heavy (non-hydrogen) atoms. The maximum Gasteiger partial charge on any atom is 0.276 e. The fraction of sp³-hybridized carbons (Fsp3) is 0.333. The monoisotopic (exact) mass is 350 g/mol. The Balaban J connectivity index is 1.66. The molecular weight excluding hydrogens is 332 g/mol. The first-order valence-corrected chi connectivity index (χ1v) is 8.63. The number of carbonyl (C=O) groups excluding carboxylic acids is 1. The van der Waals surface area contributed by atoms with Crippen molar-refractivity contribution in [2.45, 2.75) is 38.6 Å². The Hall–Kier alpha value is -3.16. The van der Waals surface area contributed by atoms with Crippen LogP contribution in [0.1, 0.15) is 37.1 Å². The number of fused-ring (bicyclic) bond motifs is 1. The second-order valence-electron chi connectivity index (χ2n) is 6.29. The third-order valence-corrected chi connectivity index (χ3v) is 4.34. The molecule has 4 rings (SSSR count). The van der Waals surface area contributed by atoms with E-state index < -0.39 is 5.91 Å². The lowest BCUT2D eigenvalue weighted by Gasteiger charge is -2.10. The zero-order chi connectivity index (χ0) is 18.1. The summed E-state index contributed by atoms with van der Waals surface area (Å²) in [6.07, 6.45) is 5.97. The van der Waals surface area contributed by atoms with Gasteiger partial charge in [-0.3, -0.25) is 19.9 Å². The highest BCUT2D eigenvalue weighted by molar-refractivity contribution is 5.89. The summed E-state index contributed by atoms with van der Waals surface area (Å²) in [5, 5.41) is 7.41. The van der Waals surface area contributed by atoms with Gasteiger partial charge in [-0.05, 0) is 37.5 Å². The summed E-state index contributed by atoms with van der Waals surface area (Å²) in [7, 11) is 0. The molecule has 0 aliphatic heterocycles. The van der Waals surface area contributed by atoms with Crippen molar-refractivity contribution in [3.05, 3.63) is 52.3 Å². The minimum Gasteiger partial charge on any atom is -0.293 e. The minimum atomic E-state index is -0.408. The van der Waals surface area contributed by atoms with Crippen molar-refractivity contribution in [2.24, 2.45) is 0 Å². The van der Waals surface area contributed by atoms with Crippen molar-refractivity contribution >= 4 is 22.8 Å². The molecule has 1 amide bonds. The predicted octanol–water partition coefficient (Wildman–Crippen LogP) is 1.66. The largest absolute Gasteiger partial charge is 0.293 e. The van der Waals surface area contributed by atoms with Crippen LogP contribution in [0.15, 0.2) is 35.4 Å². The van der Waals surface area contributed by atoms with Crippen LogP contribution in [-0.4, -0.2) is 30.6 Å². The van der Waals surface area contributed by atoms with Crippen LogP contribution >= 0.6 is 0 Å². The quantitative estimate of drug-likeness (QED) is 0.751. The Morgan fingerprint density at radius 2 is 2.04 bits per heavy atom. The molecular formula is C18H18N6O2. The van der Waals surface area contributed by atoms with E-state index in [-0.39, 0.29) is 18.1 Å². The number of aryl methyl sites for hydroxylation is 1. The summed E-state index contributed by atoms with van der Waals surface area (Å²) < 4.78 is 1.18. The first-order valence-electron chi connectivity index (χ1n) is 8.63. The average Bonchev–Trinajstić information content (AvgIpc) is 3.49. The van der Waals surface area contributed by atoms with Crippen molar-refractivity contribution in [3.63, 3.8) is 0 Å². The molecule has 0 bridgehead atoms. The van der Waals surface area contributed by atoms with E-state index in [1.165, 1.54) is 17.1 Å². The average molecular weight is 350 g/mol. The lowest BCUT2D eigenvalue weighted by molar-refractivity contribution is -0.117. The summed E-state index contributed by atoms with van der Waals surface area (Å²) in [5.74, 6) is 0.288. The molecule has 0 unspecified atom stereocenters. The Morgan fingerprint density at radius 1 is 1.27 bits per heavy atom. The van der Waals surface area contributed by atoms with Crippen LogP contribution in [-0.2, 0) is 17.8 Å². The lowest BCUT2D eigenvalue weighted by atomic mass is 10.1. The van der Waals surface area contributed by atoms with Gasteiger partial charge in [0.2, 0.25) is 11.9 Å². The van der Waals surface area contributed by atoms with Crippen molar-refractivity contribution in [3.8, 4) is 0 Å². The third-order valence-electron chi connectivity index (χ3n) is 4.34. The first-order chi connectivity index (χ1) is 12.7. The molecule has 1 N–H and O–H groups in total. The first kappa shape index (κ1) is 16.3. The van der Waals surface area contributed by atoms with Gasteiger partial charge in [-0.1, -0.05) is 6.92 Å². The normalized spacial score (nSPS) is 13.7. The number of pyridine rings is 1. The highest BCUT2D eigenvalue weighted by atomic mass is 16.2. The second kappa shape index (κ2) is 6.62. The van der Waals surface area contributed by atoms with Gasteiger partial charge < -0.3 is 0 Å². The molecule has 132 valence electrons. The van der Waals surface area contributed by atoms with E-state index in [2.05, 4.69) is 25.4 Å². The number of carbonyl (C=O) groups is 1. The number of hydrogen-bond acceptors (Lipinski definition) is 6. The number of amides is 1. The third kappa shape index (κ3) is 3.17.